The van der Waals surface area contributed by atoms with Crippen molar-refractivity contribution in [2.75, 3.05) is 11.1 Å². The van der Waals surface area contributed by atoms with E-state index in [4.69, 9.17) is 5.73 Å². The fourth-order valence-corrected chi connectivity index (χ4v) is 3.36. The van der Waals surface area contributed by atoms with Gasteiger partial charge in [0.05, 0.1) is 27.0 Å². The van der Waals surface area contributed by atoms with Crippen molar-refractivity contribution in [3.63, 3.8) is 0 Å². The molecule has 0 radical (unpaired) electrons. The van der Waals surface area contributed by atoms with Crippen molar-refractivity contribution in [1.82, 2.24) is 20.2 Å². The average Bonchev–Trinajstić information content (AvgIpc) is 3.12. The molecule has 1 amide bonds. The first-order valence-electron chi connectivity index (χ1n) is 6.87. The van der Waals surface area contributed by atoms with Gasteiger partial charge in [-0.2, -0.15) is 5.10 Å². The molecule has 0 fully saturated rings. The fourth-order valence-electron chi connectivity index (χ4n) is 2.46. The summed E-state index contributed by atoms with van der Waals surface area (Å²) in [7, 11) is 0. The molecule has 0 atom stereocenters. The average molecular weight is 324 g/mol. The molecule has 8 heteroatoms. The summed E-state index contributed by atoms with van der Waals surface area (Å²) in [4.78, 5) is 20.6. The molecule has 0 aliphatic carbocycles. The van der Waals surface area contributed by atoms with Gasteiger partial charge in [-0.3, -0.25) is 9.89 Å². The number of rotatable bonds is 2. The van der Waals surface area contributed by atoms with Crippen LogP contribution in [0.15, 0.2) is 29.9 Å². The zero-order valence-electron chi connectivity index (χ0n) is 12.1. The minimum Gasteiger partial charge on any atom is -0.382 e. The van der Waals surface area contributed by atoms with E-state index >= 15 is 0 Å². The minimum absolute atomic E-state index is 0.232. The Morgan fingerprint density at radius 1 is 1.35 bits per heavy atom. The number of benzene rings is 1. The summed E-state index contributed by atoms with van der Waals surface area (Å²) < 4.78 is 0.720. The summed E-state index contributed by atoms with van der Waals surface area (Å²) in [6.45, 7) is 1.93. The van der Waals surface area contributed by atoms with Gasteiger partial charge in [0.1, 0.15) is 12.1 Å². The van der Waals surface area contributed by atoms with Crippen LogP contribution in [0.2, 0.25) is 0 Å². The van der Waals surface area contributed by atoms with Crippen LogP contribution in [-0.2, 0) is 0 Å². The molecule has 3 aromatic heterocycles. The van der Waals surface area contributed by atoms with Crippen molar-refractivity contribution in [3.8, 4) is 0 Å². The second-order valence-corrected chi connectivity index (χ2v) is 5.99. The fraction of sp³-hybridized carbons (Fsp3) is 0.0667. The van der Waals surface area contributed by atoms with E-state index in [2.05, 4.69) is 25.5 Å². The van der Waals surface area contributed by atoms with Crippen LogP contribution in [0.5, 0.6) is 0 Å². The van der Waals surface area contributed by atoms with Gasteiger partial charge in [-0.15, -0.1) is 11.3 Å². The highest BCUT2D eigenvalue weighted by molar-refractivity contribution is 7.18. The third kappa shape index (κ3) is 2.20. The number of nitrogens with zero attached hydrogens (tertiary/aromatic N) is 3. The molecule has 4 aromatic rings. The van der Waals surface area contributed by atoms with Crippen LogP contribution in [0.4, 0.5) is 11.5 Å². The van der Waals surface area contributed by atoms with E-state index in [1.165, 1.54) is 17.7 Å². The van der Waals surface area contributed by atoms with Gasteiger partial charge < -0.3 is 11.1 Å². The summed E-state index contributed by atoms with van der Waals surface area (Å²) in [6.07, 6.45) is 1.36. The van der Waals surface area contributed by atoms with Crippen LogP contribution in [-0.4, -0.2) is 26.1 Å². The van der Waals surface area contributed by atoms with Crippen LogP contribution < -0.4 is 11.1 Å². The lowest BCUT2D eigenvalue weighted by atomic mass is 10.2. The molecule has 0 aliphatic heterocycles. The molecule has 0 unspecified atom stereocenters. The number of thiophene rings is 1. The predicted octanol–water partition coefficient (Wildman–Crippen LogP) is 2.71. The normalized spacial score (nSPS) is 11.2. The number of carbonyl (C=O) groups excluding carboxylic acids is 1. The molecule has 0 saturated carbocycles. The number of hydrogen-bond acceptors (Lipinski definition) is 6. The number of fused-ring (bicyclic) bond motifs is 2. The number of nitrogen functional groups attached to an aromatic ring is 1. The topological polar surface area (TPSA) is 110 Å². The number of nitrogens with two attached hydrogens (primary N) is 1. The summed E-state index contributed by atoms with van der Waals surface area (Å²) in [5.41, 5.74) is 9.35. The van der Waals surface area contributed by atoms with E-state index in [-0.39, 0.29) is 5.91 Å². The van der Waals surface area contributed by atoms with E-state index in [0.29, 0.717) is 22.6 Å². The first-order valence-corrected chi connectivity index (χ1v) is 7.75. The second-order valence-electron chi connectivity index (χ2n) is 5.11. The highest BCUT2D eigenvalue weighted by Crippen LogP contribution is 2.28. The second kappa shape index (κ2) is 5.03. The van der Waals surface area contributed by atoms with E-state index in [0.717, 1.165) is 21.3 Å². The maximum absolute atomic E-state index is 12.5. The van der Waals surface area contributed by atoms with Crippen molar-refractivity contribution in [1.29, 1.82) is 0 Å². The van der Waals surface area contributed by atoms with Crippen molar-refractivity contribution < 1.29 is 4.79 Å². The number of nitrogens with one attached hydrogen (secondary N) is 2. The maximum Gasteiger partial charge on any atom is 0.258 e. The van der Waals surface area contributed by atoms with Crippen LogP contribution in [0.1, 0.15) is 16.1 Å². The number of hydrogen-bond donors (Lipinski definition) is 3. The van der Waals surface area contributed by atoms with Crippen LogP contribution >= 0.6 is 11.3 Å². The zero-order valence-corrected chi connectivity index (χ0v) is 12.9. The number of aromatic nitrogens is 4. The molecule has 0 spiro atoms. The number of aryl methyl sites for hydroxylation is 1. The van der Waals surface area contributed by atoms with Crippen molar-refractivity contribution in [2.45, 2.75) is 6.92 Å². The molecule has 3 heterocycles. The Balaban J connectivity index is 1.69. The van der Waals surface area contributed by atoms with Crippen molar-refractivity contribution in [3.05, 3.63) is 41.2 Å². The Hall–Kier alpha value is -3.00. The number of amides is 1. The SMILES string of the molecule is Cc1n[nH]c2cc(NC(=O)c3csc4c(N)ncnc34)ccc12. The molecular formula is C15H12N6OS. The standard InChI is InChI=1S/C15H12N6OS/c1-7-9-3-2-8(4-11(9)21-20-7)19-15(22)10-5-23-13-12(10)17-6-18-14(13)16/h2-6H,1H3,(H,19,22)(H,20,21)(H2,16,17,18). The van der Waals surface area contributed by atoms with E-state index < -0.39 is 0 Å². The zero-order chi connectivity index (χ0) is 16.0. The van der Waals surface area contributed by atoms with Crippen LogP contribution in [0, 0.1) is 6.92 Å². The summed E-state index contributed by atoms with van der Waals surface area (Å²) in [5, 5.41) is 12.7. The summed E-state index contributed by atoms with van der Waals surface area (Å²) in [6, 6.07) is 5.63. The highest BCUT2D eigenvalue weighted by Gasteiger charge is 2.16. The van der Waals surface area contributed by atoms with Gasteiger partial charge in [0.2, 0.25) is 0 Å². The quantitative estimate of drug-likeness (QED) is 0.525. The van der Waals surface area contributed by atoms with E-state index in [9.17, 15) is 4.79 Å². The Morgan fingerprint density at radius 3 is 3.09 bits per heavy atom. The Bertz CT molecular complexity index is 1050. The number of anilines is 2. The monoisotopic (exact) mass is 324 g/mol. The van der Waals surface area contributed by atoms with Gasteiger partial charge in [0, 0.05) is 16.5 Å². The van der Waals surface area contributed by atoms with Crippen molar-refractivity contribution >= 4 is 49.9 Å². The highest BCUT2D eigenvalue weighted by atomic mass is 32.1. The van der Waals surface area contributed by atoms with Gasteiger partial charge in [-0.25, -0.2) is 9.97 Å². The molecule has 4 rings (SSSR count). The molecule has 1 aromatic carbocycles. The van der Waals surface area contributed by atoms with Crippen LogP contribution in [0.3, 0.4) is 0 Å². The van der Waals surface area contributed by atoms with Gasteiger partial charge >= 0.3 is 0 Å². The largest absolute Gasteiger partial charge is 0.382 e. The molecule has 114 valence electrons. The number of carbonyl (C=O) groups is 1. The predicted molar refractivity (Wildman–Crippen MR) is 90.6 cm³/mol. The Labute approximate surface area is 134 Å². The molecule has 0 bridgehead atoms. The van der Waals surface area contributed by atoms with E-state index in [1.54, 1.807) is 5.38 Å². The molecule has 0 saturated heterocycles. The molecule has 4 N–H and O–H groups in total. The lowest BCUT2D eigenvalue weighted by Crippen LogP contribution is -2.11. The lowest BCUT2D eigenvalue weighted by Gasteiger charge is -2.04. The number of aromatic amines is 1. The van der Waals surface area contributed by atoms with Gasteiger partial charge in [0.15, 0.2) is 0 Å². The molecule has 23 heavy (non-hydrogen) atoms. The van der Waals surface area contributed by atoms with Crippen molar-refractivity contribution in [2.24, 2.45) is 0 Å². The Morgan fingerprint density at radius 2 is 2.22 bits per heavy atom. The van der Waals surface area contributed by atoms with E-state index in [1.807, 2.05) is 25.1 Å². The third-order valence-electron chi connectivity index (χ3n) is 3.64. The maximum atomic E-state index is 12.5. The number of H-pyrrole nitrogens is 1. The third-order valence-corrected chi connectivity index (χ3v) is 4.63. The van der Waals surface area contributed by atoms with Crippen LogP contribution in [0.25, 0.3) is 21.1 Å². The molecular weight excluding hydrogens is 312 g/mol. The van der Waals surface area contributed by atoms with Gasteiger partial charge in [-0.1, -0.05) is 0 Å². The van der Waals surface area contributed by atoms with Gasteiger partial charge in [0.25, 0.3) is 5.91 Å². The first kappa shape index (κ1) is 13.6. The summed E-state index contributed by atoms with van der Waals surface area (Å²) >= 11 is 1.36. The summed E-state index contributed by atoms with van der Waals surface area (Å²) in [5.74, 6) is 0.151. The smallest absolute Gasteiger partial charge is 0.258 e. The molecule has 0 aliphatic rings. The minimum atomic E-state index is -0.232. The Kier molecular flexibility index (Phi) is 2.98. The first-order chi connectivity index (χ1) is 11.1. The lowest BCUT2D eigenvalue weighted by molar-refractivity contribution is 0.102. The molecule has 7 nitrogen and oxygen atoms in total. The van der Waals surface area contributed by atoms with Gasteiger partial charge in [-0.05, 0) is 25.1 Å².